The predicted octanol–water partition coefficient (Wildman–Crippen LogP) is 6.14. The number of rotatable bonds is 8. The molecule has 1 aliphatic rings. The molecule has 5 rings (SSSR count). The van der Waals surface area contributed by atoms with E-state index in [0.29, 0.717) is 6.42 Å². The van der Waals surface area contributed by atoms with E-state index in [1.165, 1.54) is 0 Å². The van der Waals surface area contributed by atoms with Gasteiger partial charge < -0.3 is 15.2 Å². The molecule has 180 valence electrons. The van der Waals surface area contributed by atoms with Crippen molar-refractivity contribution in [3.05, 3.63) is 120 Å². The number of alkyl carbamates (subject to hydrolysis) is 1. The zero-order chi connectivity index (χ0) is 24.9. The van der Waals surface area contributed by atoms with Gasteiger partial charge in [0.25, 0.3) is 0 Å². The van der Waals surface area contributed by atoms with E-state index < -0.39 is 18.0 Å². The third kappa shape index (κ3) is 4.86. The van der Waals surface area contributed by atoms with Gasteiger partial charge >= 0.3 is 12.1 Å². The van der Waals surface area contributed by atoms with Crippen molar-refractivity contribution in [2.24, 2.45) is 5.92 Å². The van der Waals surface area contributed by atoms with Gasteiger partial charge in [-0.15, -0.1) is 0 Å². The van der Waals surface area contributed by atoms with Crippen LogP contribution in [0.1, 0.15) is 22.6 Å². The molecule has 0 spiro atoms. The molecule has 0 aliphatic heterocycles. The quantitative estimate of drug-likeness (QED) is 0.320. The maximum Gasteiger partial charge on any atom is 0.407 e. The zero-order valence-electron chi connectivity index (χ0n) is 19.8. The third-order valence-corrected chi connectivity index (χ3v) is 6.75. The molecule has 1 amide bonds. The minimum atomic E-state index is -0.961. The number of carbonyl (C=O) groups is 2. The summed E-state index contributed by atoms with van der Waals surface area (Å²) in [6, 6.07) is 33.9. The first-order valence-electron chi connectivity index (χ1n) is 12.1. The molecule has 0 fully saturated rings. The Bertz CT molecular complexity index is 1340. The van der Waals surface area contributed by atoms with Gasteiger partial charge in [0.15, 0.2) is 0 Å². The molecular weight excluding hydrogens is 450 g/mol. The molecular formula is C31H27NO4. The first-order chi connectivity index (χ1) is 17.6. The Morgan fingerprint density at radius 1 is 0.750 bits per heavy atom. The van der Waals surface area contributed by atoms with Gasteiger partial charge in [0.2, 0.25) is 0 Å². The van der Waals surface area contributed by atoms with Crippen LogP contribution in [-0.2, 0) is 16.0 Å². The summed E-state index contributed by atoms with van der Waals surface area (Å²) in [4.78, 5) is 24.6. The second kappa shape index (κ2) is 10.5. The number of carboxylic acids is 1. The Labute approximate surface area is 210 Å². The van der Waals surface area contributed by atoms with Crippen LogP contribution in [0.5, 0.6) is 0 Å². The van der Waals surface area contributed by atoms with E-state index in [1.807, 2.05) is 78.9 Å². The number of amides is 1. The molecule has 0 aromatic heterocycles. The molecule has 5 heteroatoms. The molecule has 2 N–H and O–H groups in total. The van der Waals surface area contributed by atoms with Crippen LogP contribution in [0.3, 0.4) is 0 Å². The maximum atomic E-state index is 12.6. The molecule has 4 aromatic rings. The largest absolute Gasteiger partial charge is 0.481 e. The van der Waals surface area contributed by atoms with Gasteiger partial charge in [-0.25, -0.2) is 4.79 Å². The molecule has 0 saturated carbocycles. The van der Waals surface area contributed by atoms with Crippen molar-refractivity contribution in [2.75, 3.05) is 13.2 Å². The number of carboxylic acid groups (broad SMARTS) is 1. The smallest absolute Gasteiger partial charge is 0.407 e. The topological polar surface area (TPSA) is 75.6 Å². The van der Waals surface area contributed by atoms with Gasteiger partial charge in [0.1, 0.15) is 6.61 Å². The van der Waals surface area contributed by atoms with Crippen molar-refractivity contribution in [3.8, 4) is 22.3 Å². The Balaban J connectivity index is 1.23. The van der Waals surface area contributed by atoms with E-state index in [-0.39, 0.29) is 19.1 Å². The van der Waals surface area contributed by atoms with E-state index >= 15 is 0 Å². The maximum absolute atomic E-state index is 12.6. The monoisotopic (exact) mass is 477 g/mol. The van der Waals surface area contributed by atoms with Crippen LogP contribution in [0.2, 0.25) is 0 Å². The lowest BCUT2D eigenvalue weighted by Crippen LogP contribution is -2.35. The summed E-state index contributed by atoms with van der Waals surface area (Å²) in [6.07, 6.45) is -0.316. The summed E-state index contributed by atoms with van der Waals surface area (Å²) in [5.74, 6) is -1.79. The first-order valence-corrected chi connectivity index (χ1v) is 12.1. The van der Waals surface area contributed by atoms with Crippen LogP contribution in [0.25, 0.3) is 22.3 Å². The van der Waals surface area contributed by atoms with Crippen LogP contribution in [0.4, 0.5) is 4.79 Å². The molecule has 0 heterocycles. The van der Waals surface area contributed by atoms with Gasteiger partial charge in [-0.05, 0) is 45.4 Å². The van der Waals surface area contributed by atoms with Crippen molar-refractivity contribution in [3.63, 3.8) is 0 Å². The summed E-state index contributed by atoms with van der Waals surface area (Å²) in [5, 5.41) is 12.5. The standard InChI is InChI=1S/C31H27NO4/c33-30(34)23(18-22-12-4-5-13-24(22)21-10-2-1-3-11-21)19-32-31(35)36-20-29-27-16-8-6-14-25(27)26-15-7-9-17-28(26)29/h1-17,23,29H,18-20H2,(H,32,35)(H,33,34). The average Bonchev–Trinajstić information content (AvgIpc) is 3.24. The van der Waals surface area contributed by atoms with Crippen LogP contribution in [0.15, 0.2) is 103 Å². The van der Waals surface area contributed by atoms with Crippen LogP contribution < -0.4 is 5.32 Å². The van der Waals surface area contributed by atoms with Crippen molar-refractivity contribution >= 4 is 12.1 Å². The molecule has 0 radical (unpaired) electrons. The predicted molar refractivity (Wildman–Crippen MR) is 140 cm³/mol. The molecule has 1 aliphatic carbocycles. The van der Waals surface area contributed by atoms with Gasteiger partial charge in [-0.3, -0.25) is 4.79 Å². The van der Waals surface area contributed by atoms with E-state index in [4.69, 9.17) is 4.74 Å². The van der Waals surface area contributed by atoms with E-state index in [0.717, 1.165) is 38.9 Å². The number of aliphatic carboxylic acids is 1. The highest BCUT2D eigenvalue weighted by molar-refractivity contribution is 5.79. The SMILES string of the molecule is O=C(NCC(Cc1ccccc1-c1ccccc1)C(=O)O)OCC1c2ccccc2-c2ccccc21. The van der Waals surface area contributed by atoms with E-state index in [1.54, 1.807) is 0 Å². The average molecular weight is 478 g/mol. The van der Waals surface area contributed by atoms with Gasteiger partial charge in [0, 0.05) is 12.5 Å². The molecule has 0 bridgehead atoms. The number of hydrogen-bond acceptors (Lipinski definition) is 3. The fraction of sp³-hybridized carbons (Fsp3) is 0.161. The minimum Gasteiger partial charge on any atom is -0.481 e. The second-order valence-corrected chi connectivity index (χ2v) is 8.97. The van der Waals surface area contributed by atoms with E-state index in [2.05, 4.69) is 29.6 Å². The molecule has 4 aromatic carbocycles. The van der Waals surface area contributed by atoms with Crippen molar-refractivity contribution in [2.45, 2.75) is 12.3 Å². The Morgan fingerprint density at radius 3 is 1.94 bits per heavy atom. The highest BCUT2D eigenvalue weighted by Crippen LogP contribution is 2.44. The zero-order valence-corrected chi connectivity index (χ0v) is 19.8. The summed E-state index contributed by atoms with van der Waals surface area (Å²) >= 11 is 0. The third-order valence-electron chi connectivity index (χ3n) is 6.75. The van der Waals surface area contributed by atoms with Crippen LogP contribution in [-0.4, -0.2) is 30.3 Å². The number of fused-ring (bicyclic) bond motifs is 3. The molecule has 1 unspecified atom stereocenters. The number of nitrogens with one attached hydrogen (secondary N) is 1. The van der Waals surface area contributed by atoms with Crippen LogP contribution >= 0.6 is 0 Å². The Hall–Kier alpha value is -4.38. The van der Waals surface area contributed by atoms with Gasteiger partial charge in [-0.1, -0.05) is 103 Å². The van der Waals surface area contributed by atoms with Gasteiger partial charge in [-0.2, -0.15) is 0 Å². The second-order valence-electron chi connectivity index (χ2n) is 8.97. The number of benzene rings is 4. The summed E-state index contributed by atoms with van der Waals surface area (Å²) in [7, 11) is 0. The minimum absolute atomic E-state index is 0.0187. The van der Waals surface area contributed by atoms with E-state index in [9.17, 15) is 14.7 Å². The van der Waals surface area contributed by atoms with Gasteiger partial charge in [0.05, 0.1) is 5.92 Å². The number of hydrogen-bond donors (Lipinski definition) is 2. The molecule has 36 heavy (non-hydrogen) atoms. The fourth-order valence-electron chi connectivity index (χ4n) is 4.97. The highest BCUT2D eigenvalue weighted by atomic mass is 16.5. The lowest BCUT2D eigenvalue weighted by atomic mass is 9.92. The summed E-state index contributed by atoms with van der Waals surface area (Å²) < 4.78 is 5.57. The lowest BCUT2D eigenvalue weighted by molar-refractivity contribution is -0.141. The molecule has 5 nitrogen and oxygen atoms in total. The summed E-state index contributed by atoms with van der Waals surface area (Å²) in [6.45, 7) is 0.170. The first kappa shape index (κ1) is 23.4. The molecule has 0 saturated heterocycles. The summed E-state index contributed by atoms with van der Waals surface area (Å²) in [5.41, 5.74) is 7.52. The molecule has 1 atom stereocenters. The highest BCUT2D eigenvalue weighted by Gasteiger charge is 2.29. The van der Waals surface area contributed by atoms with Crippen LogP contribution in [0, 0.1) is 5.92 Å². The van der Waals surface area contributed by atoms with Crippen molar-refractivity contribution in [1.29, 1.82) is 0 Å². The lowest BCUT2D eigenvalue weighted by Gasteiger charge is -2.17. The van der Waals surface area contributed by atoms with Crippen molar-refractivity contribution in [1.82, 2.24) is 5.32 Å². The number of ether oxygens (including phenoxy) is 1. The fourth-order valence-corrected chi connectivity index (χ4v) is 4.97. The Morgan fingerprint density at radius 2 is 1.31 bits per heavy atom. The van der Waals surface area contributed by atoms with Crippen molar-refractivity contribution < 1.29 is 19.4 Å². The number of carbonyl (C=O) groups excluding carboxylic acids is 1. The Kier molecular flexibility index (Phi) is 6.80. The normalized spacial score (nSPS) is 12.9.